The minimum absolute atomic E-state index is 0.661. The van der Waals surface area contributed by atoms with Crippen LogP contribution in [-0.4, -0.2) is 8.07 Å². The fourth-order valence-electron chi connectivity index (χ4n) is 14.6. The maximum atomic E-state index is 2.97. The predicted molar refractivity (Wildman–Crippen MR) is 223 cm³/mol. The van der Waals surface area contributed by atoms with Crippen molar-refractivity contribution in [2.75, 3.05) is 0 Å². The summed E-state index contributed by atoms with van der Waals surface area (Å²) in [6, 6.07) is 0. The van der Waals surface area contributed by atoms with E-state index in [0.29, 0.717) is 11.8 Å². The van der Waals surface area contributed by atoms with Crippen molar-refractivity contribution in [2.45, 2.75) is 155 Å². The van der Waals surface area contributed by atoms with Gasteiger partial charge in [0, 0.05) is 0 Å². The first kappa shape index (κ1) is 36.1. The lowest BCUT2D eigenvalue weighted by Crippen LogP contribution is -2.47. The van der Waals surface area contributed by atoms with Crippen molar-refractivity contribution in [2.24, 2.45) is 59.2 Å². The van der Waals surface area contributed by atoms with Gasteiger partial charge < -0.3 is 0 Å². The Balaban J connectivity index is 1.16. The van der Waals surface area contributed by atoms with Gasteiger partial charge in [-0.2, -0.15) is 0 Å². The lowest BCUT2D eigenvalue weighted by Gasteiger charge is -2.48. The molecule has 8 aliphatic rings. The smallest absolute Gasteiger partial charge is 0.0553 e. The van der Waals surface area contributed by atoms with Crippen LogP contribution in [0.15, 0.2) is 94.2 Å². The Hall–Kier alpha value is -1.86. The molecule has 0 amide bonds. The predicted octanol–water partition coefficient (Wildman–Crippen LogP) is 14.7. The van der Waals surface area contributed by atoms with Gasteiger partial charge in [-0.1, -0.05) is 163 Å². The zero-order valence-electron chi connectivity index (χ0n) is 33.5. The van der Waals surface area contributed by atoms with E-state index in [9.17, 15) is 0 Å². The summed E-state index contributed by atoms with van der Waals surface area (Å²) in [6.45, 7) is 15.5. The molecule has 0 aliphatic heterocycles. The number of hydrogen-bond donors (Lipinski definition) is 0. The van der Waals surface area contributed by atoms with Gasteiger partial charge in [0.05, 0.1) is 8.07 Å². The van der Waals surface area contributed by atoms with Crippen LogP contribution in [0.4, 0.5) is 0 Å². The number of allylic oxidation sites excluding steroid dienone is 16. The highest BCUT2D eigenvalue weighted by Gasteiger charge is 2.59. The number of rotatable bonds is 8. The van der Waals surface area contributed by atoms with Gasteiger partial charge >= 0.3 is 0 Å². The van der Waals surface area contributed by atoms with E-state index in [4.69, 9.17) is 0 Å². The Kier molecular flexibility index (Phi) is 10.7. The van der Waals surface area contributed by atoms with Crippen LogP contribution in [0.3, 0.4) is 0 Å². The van der Waals surface area contributed by atoms with Crippen molar-refractivity contribution in [1.29, 1.82) is 0 Å². The highest BCUT2D eigenvalue weighted by atomic mass is 28.3. The Morgan fingerprint density at radius 1 is 0.588 bits per heavy atom. The Morgan fingerprint density at radius 2 is 1.00 bits per heavy atom. The topological polar surface area (TPSA) is 0 Å². The first-order chi connectivity index (χ1) is 24.7. The second-order valence-corrected chi connectivity index (χ2v) is 25.2. The van der Waals surface area contributed by atoms with Crippen LogP contribution in [0, 0.1) is 59.2 Å². The molecule has 276 valence electrons. The van der Waals surface area contributed by atoms with E-state index in [1.165, 1.54) is 114 Å². The van der Waals surface area contributed by atoms with Crippen molar-refractivity contribution in [3.63, 3.8) is 0 Å². The summed E-state index contributed by atoms with van der Waals surface area (Å²) in [5.41, 5.74) is 11.6. The van der Waals surface area contributed by atoms with E-state index in [1.807, 2.05) is 0 Å². The highest BCUT2D eigenvalue weighted by molar-refractivity contribution is 6.80. The average molecular weight is 701 g/mol. The standard InChI is InChI=1S/C50H72Si/c1-33-23-34(2)26-39(25-33)43-19-13-21-45-47(43)31-41(29-37-15-9-7-10-16-37)49(45)51(5,6)50-42(30-38-17-11-8-12-18-38)32-48-44(20-14-22-46(48)50)40-27-35(3)24-36(4)28-40/h13-14,19-25,27,34,36-38,41-42,45-50H,7-12,15-18,26,28-32H2,1-6H3/t34-,36-,41?,42?,45?,46?,47-,48-,49?,50?/m1/s1. The molecular weight excluding hydrogens is 629 g/mol. The van der Waals surface area contributed by atoms with E-state index in [2.05, 4.69) is 102 Å². The molecule has 4 saturated carbocycles. The quantitative estimate of drug-likeness (QED) is 0.221. The zero-order chi connectivity index (χ0) is 35.3. The van der Waals surface area contributed by atoms with Crippen molar-refractivity contribution >= 4 is 8.07 Å². The summed E-state index contributed by atoms with van der Waals surface area (Å²) < 4.78 is 0. The van der Waals surface area contributed by atoms with Crippen LogP contribution in [0.1, 0.15) is 130 Å². The molecule has 51 heavy (non-hydrogen) atoms. The summed E-state index contributed by atoms with van der Waals surface area (Å²) in [5, 5.41) is 0. The van der Waals surface area contributed by atoms with Gasteiger partial charge in [0.2, 0.25) is 0 Å². The third-order valence-corrected chi connectivity index (χ3v) is 21.2. The minimum atomic E-state index is -1.78. The van der Waals surface area contributed by atoms with Gasteiger partial charge in [0.25, 0.3) is 0 Å². The molecule has 8 rings (SSSR count). The molecule has 10 atom stereocenters. The van der Waals surface area contributed by atoms with E-state index in [0.717, 1.165) is 58.4 Å². The van der Waals surface area contributed by atoms with Crippen molar-refractivity contribution in [1.82, 2.24) is 0 Å². The zero-order valence-corrected chi connectivity index (χ0v) is 34.5. The normalized spacial score (nSPS) is 39.0. The van der Waals surface area contributed by atoms with Crippen LogP contribution < -0.4 is 0 Å². The molecule has 0 aromatic rings. The maximum Gasteiger partial charge on any atom is 0.0553 e. The van der Waals surface area contributed by atoms with Crippen LogP contribution in [-0.2, 0) is 0 Å². The molecule has 0 bridgehead atoms. The highest BCUT2D eigenvalue weighted by Crippen LogP contribution is 2.66. The van der Waals surface area contributed by atoms with Gasteiger partial charge in [0.15, 0.2) is 0 Å². The minimum Gasteiger partial charge on any atom is -0.0808 e. The SMILES string of the molecule is CC1=C[C@@H](C)CC(C2=CC=CC3C([Si](C)(C)C4C(CC5CCCCC5)C[C@@H]5C(C6=CC(C)=C[C@@H](C)C6)=CC=CC45)C(CC4CCCCC4)C[C@H]23)=C1. The van der Waals surface area contributed by atoms with Crippen LogP contribution in [0.25, 0.3) is 0 Å². The summed E-state index contributed by atoms with van der Waals surface area (Å²) >= 11 is 0. The van der Waals surface area contributed by atoms with Gasteiger partial charge in [-0.25, -0.2) is 0 Å². The van der Waals surface area contributed by atoms with Crippen LogP contribution in [0.2, 0.25) is 24.2 Å². The molecule has 0 aromatic carbocycles. The monoisotopic (exact) mass is 701 g/mol. The maximum absolute atomic E-state index is 2.97. The third kappa shape index (κ3) is 7.34. The number of hydrogen-bond acceptors (Lipinski definition) is 0. The lowest BCUT2D eigenvalue weighted by atomic mass is 9.76. The molecular formula is C50H72Si. The fraction of sp³-hybridized carbons (Fsp3) is 0.680. The van der Waals surface area contributed by atoms with Crippen molar-refractivity contribution in [3.05, 3.63) is 94.2 Å². The van der Waals surface area contributed by atoms with Gasteiger partial charge in [-0.05, 0) is 145 Å². The van der Waals surface area contributed by atoms with Crippen molar-refractivity contribution < 1.29 is 0 Å². The largest absolute Gasteiger partial charge is 0.0808 e. The average Bonchev–Trinajstić information content (AvgIpc) is 3.67. The molecule has 0 N–H and O–H groups in total. The molecule has 8 aliphatic carbocycles. The van der Waals surface area contributed by atoms with Crippen molar-refractivity contribution in [3.8, 4) is 0 Å². The molecule has 0 radical (unpaired) electrons. The fourth-order valence-corrected chi connectivity index (χ4v) is 20.7. The van der Waals surface area contributed by atoms with E-state index in [-0.39, 0.29) is 0 Å². The Labute approximate surface area is 314 Å². The Morgan fingerprint density at radius 3 is 1.39 bits per heavy atom. The second kappa shape index (κ2) is 15.1. The summed E-state index contributed by atoms with van der Waals surface area (Å²) in [6.07, 6.45) is 49.3. The third-order valence-electron chi connectivity index (χ3n) is 16.1. The van der Waals surface area contributed by atoms with E-state index >= 15 is 0 Å². The summed E-state index contributed by atoms with van der Waals surface area (Å²) in [5.74, 6) is 8.04. The van der Waals surface area contributed by atoms with Crippen LogP contribution in [0.5, 0.6) is 0 Å². The molecule has 4 fully saturated rings. The molecule has 6 unspecified atom stereocenters. The second-order valence-electron chi connectivity index (χ2n) is 20.2. The van der Waals surface area contributed by atoms with Gasteiger partial charge in [0.1, 0.15) is 0 Å². The molecule has 0 saturated heterocycles. The first-order valence-electron chi connectivity index (χ1n) is 22.2. The van der Waals surface area contributed by atoms with Gasteiger partial charge in [-0.3, -0.25) is 0 Å². The van der Waals surface area contributed by atoms with E-state index in [1.54, 1.807) is 22.3 Å². The summed E-state index contributed by atoms with van der Waals surface area (Å²) in [7, 11) is -1.78. The molecule has 0 heterocycles. The molecule has 0 spiro atoms. The molecule has 1 heteroatoms. The van der Waals surface area contributed by atoms with E-state index < -0.39 is 8.07 Å². The van der Waals surface area contributed by atoms with Crippen LogP contribution >= 0.6 is 0 Å². The number of fused-ring (bicyclic) bond motifs is 2. The molecule has 0 aromatic heterocycles. The molecule has 0 nitrogen and oxygen atoms in total. The Bertz CT molecular complexity index is 1420. The van der Waals surface area contributed by atoms with Gasteiger partial charge in [-0.15, -0.1) is 0 Å². The lowest BCUT2D eigenvalue weighted by molar-refractivity contribution is 0.275. The first-order valence-corrected chi connectivity index (χ1v) is 25.4. The summed E-state index contributed by atoms with van der Waals surface area (Å²) in [4.78, 5) is 0.